The van der Waals surface area contributed by atoms with Crippen LogP contribution in [-0.4, -0.2) is 30.5 Å². The number of nitrogens with zero attached hydrogens (tertiary/aromatic N) is 1. The number of nitrogens with one attached hydrogen (secondary N) is 2. The molecule has 0 aliphatic heterocycles. The van der Waals surface area contributed by atoms with Crippen LogP contribution in [0.5, 0.6) is 0 Å². The van der Waals surface area contributed by atoms with Crippen molar-refractivity contribution in [3.05, 3.63) is 53.7 Å². The Balaban J connectivity index is 2.09. The van der Waals surface area contributed by atoms with Gasteiger partial charge in [0.15, 0.2) is 0 Å². The number of hydrogen-bond donors (Lipinski definition) is 2. The largest absolute Gasteiger partial charge is 0.465 e. The molecule has 2 N–H and O–H groups in total. The van der Waals surface area contributed by atoms with Crippen LogP contribution in [-0.2, 0) is 4.74 Å². The molecule has 1 amide bonds. The molecule has 1 aromatic carbocycles. The molecule has 0 saturated carbocycles. The van der Waals surface area contributed by atoms with Gasteiger partial charge in [0, 0.05) is 24.0 Å². The molecule has 0 atom stereocenters. The molecule has 126 valence electrons. The molecule has 0 aliphatic rings. The number of rotatable bonds is 6. The Kier molecular flexibility index (Phi) is 5.89. The van der Waals surface area contributed by atoms with Crippen molar-refractivity contribution in [3.63, 3.8) is 0 Å². The number of aromatic nitrogens is 1. The van der Waals surface area contributed by atoms with E-state index < -0.39 is 5.97 Å². The van der Waals surface area contributed by atoms with Gasteiger partial charge >= 0.3 is 5.97 Å². The molecular weight excluding hydrogens is 306 g/mol. The van der Waals surface area contributed by atoms with Gasteiger partial charge in [-0.2, -0.15) is 0 Å². The summed E-state index contributed by atoms with van der Waals surface area (Å²) in [6.07, 6.45) is 1.59. The Morgan fingerprint density at radius 2 is 1.96 bits per heavy atom. The molecule has 6 nitrogen and oxygen atoms in total. The Labute approximate surface area is 141 Å². The first kappa shape index (κ1) is 17.5. The molecule has 0 saturated heterocycles. The zero-order chi connectivity index (χ0) is 17.5. The second kappa shape index (κ2) is 8.10. The van der Waals surface area contributed by atoms with Gasteiger partial charge in [-0.25, -0.2) is 9.78 Å². The van der Waals surface area contributed by atoms with Crippen molar-refractivity contribution in [1.82, 2.24) is 4.98 Å². The fourth-order valence-corrected chi connectivity index (χ4v) is 2.02. The van der Waals surface area contributed by atoms with Crippen LogP contribution in [0.15, 0.2) is 42.6 Å². The molecule has 0 spiro atoms. The highest BCUT2D eigenvalue weighted by Crippen LogP contribution is 2.14. The van der Waals surface area contributed by atoms with Crippen LogP contribution < -0.4 is 10.6 Å². The van der Waals surface area contributed by atoms with E-state index in [0.717, 1.165) is 6.54 Å². The lowest BCUT2D eigenvalue weighted by atomic mass is 10.2. The standard InChI is InChI=1S/C18H21N3O3/c1-12(2)11-20-16-10-13(7-8-19-16)17(22)21-15-6-4-5-14(9-15)18(23)24-3/h4-10,12H,11H2,1-3H3,(H,19,20)(H,21,22). The van der Waals surface area contributed by atoms with Crippen LogP contribution in [0.25, 0.3) is 0 Å². The number of methoxy groups -OCH3 is 1. The normalized spacial score (nSPS) is 10.3. The Bertz CT molecular complexity index is 729. The minimum atomic E-state index is -0.449. The summed E-state index contributed by atoms with van der Waals surface area (Å²) in [7, 11) is 1.32. The molecule has 24 heavy (non-hydrogen) atoms. The molecule has 6 heteroatoms. The van der Waals surface area contributed by atoms with E-state index in [2.05, 4.69) is 34.2 Å². The van der Waals surface area contributed by atoms with Gasteiger partial charge in [-0.1, -0.05) is 19.9 Å². The van der Waals surface area contributed by atoms with E-state index in [1.807, 2.05) is 0 Å². The van der Waals surface area contributed by atoms with Gasteiger partial charge in [0.2, 0.25) is 0 Å². The second-order valence-corrected chi connectivity index (χ2v) is 5.73. The summed E-state index contributed by atoms with van der Waals surface area (Å²) in [6.45, 7) is 4.97. The summed E-state index contributed by atoms with van der Waals surface area (Å²) in [5.41, 5.74) is 1.39. The van der Waals surface area contributed by atoms with Crippen molar-refractivity contribution in [1.29, 1.82) is 0 Å². The first-order valence-corrected chi connectivity index (χ1v) is 7.69. The number of esters is 1. The molecular formula is C18H21N3O3. The molecule has 1 aromatic heterocycles. The summed E-state index contributed by atoms with van der Waals surface area (Å²) in [5, 5.41) is 5.95. The van der Waals surface area contributed by atoms with Crippen molar-refractivity contribution >= 4 is 23.4 Å². The number of pyridine rings is 1. The maximum Gasteiger partial charge on any atom is 0.337 e. The van der Waals surface area contributed by atoms with E-state index >= 15 is 0 Å². The number of carbonyl (C=O) groups excluding carboxylic acids is 2. The SMILES string of the molecule is COC(=O)c1cccc(NC(=O)c2ccnc(NCC(C)C)c2)c1. The lowest BCUT2D eigenvalue weighted by molar-refractivity contribution is 0.0600. The number of benzene rings is 1. The summed E-state index contributed by atoms with van der Waals surface area (Å²) in [5.74, 6) is 0.409. The molecule has 2 aromatic rings. The molecule has 0 aliphatic carbocycles. The third-order valence-electron chi connectivity index (χ3n) is 3.26. The van der Waals surface area contributed by atoms with Crippen LogP contribution in [0.4, 0.5) is 11.5 Å². The summed E-state index contributed by atoms with van der Waals surface area (Å²) in [4.78, 5) is 28.1. The number of anilines is 2. The number of amides is 1. The maximum atomic E-state index is 12.4. The van der Waals surface area contributed by atoms with Gasteiger partial charge in [-0.05, 0) is 36.2 Å². The van der Waals surface area contributed by atoms with Gasteiger partial charge in [0.25, 0.3) is 5.91 Å². The maximum absolute atomic E-state index is 12.4. The van der Waals surface area contributed by atoms with Gasteiger partial charge in [0.05, 0.1) is 12.7 Å². The Hall–Kier alpha value is -2.89. The molecule has 0 radical (unpaired) electrons. The third-order valence-corrected chi connectivity index (χ3v) is 3.26. The van der Waals surface area contributed by atoms with Crippen LogP contribution in [0.2, 0.25) is 0 Å². The molecule has 2 rings (SSSR count). The average molecular weight is 327 g/mol. The summed E-state index contributed by atoms with van der Waals surface area (Å²) in [6, 6.07) is 9.93. The average Bonchev–Trinajstić information content (AvgIpc) is 2.59. The van der Waals surface area contributed by atoms with Gasteiger partial charge in [0.1, 0.15) is 5.82 Å². The molecule has 0 unspecified atom stereocenters. The van der Waals surface area contributed by atoms with Crippen LogP contribution >= 0.6 is 0 Å². The van der Waals surface area contributed by atoms with E-state index in [-0.39, 0.29) is 5.91 Å². The molecule has 0 fully saturated rings. The fourth-order valence-electron chi connectivity index (χ4n) is 2.02. The Morgan fingerprint density at radius 1 is 1.17 bits per heavy atom. The highest BCUT2D eigenvalue weighted by molar-refractivity contribution is 6.05. The smallest absolute Gasteiger partial charge is 0.337 e. The first-order valence-electron chi connectivity index (χ1n) is 7.69. The van der Waals surface area contributed by atoms with Crippen molar-refractivity contribution in [2.45, 2.75) is 13.8 Å². The predicted octanol–water partition coefficient (Wildman–Crippen LogP) is 3.19. The van der Waals surface area contributed by atoms with E-state index in [0.29, 0.717) is 28.6 Å². The first-order chi connectivity index (χ1) is 11.5. The van der Waals surface area contributed by atoms with E-state index in [9.17, 15) is 9.59 Å². The number of carbonyl (C=O) groups is 2. The monoisotopic (exact) mass is 327 g/mol. The van der Waals surface area contributed by atoms with Crippen LogP contribution in [0, 0.1) is 5.92 Å². The Morgan fingerprint density at radius 3 is 2.67 bits per heavy atom. The third kappa shape index (κ3) is 4.81. The van der Waals surface area contributed by atoms with E-state index in [1.54, 1.807) is 42.6 Å². The van der Waals surface area contributed by atoms with Crippen molar-refractivity contribution in [2.24, 2.45) is 5.92 Å². The number of hydrogen-bond acceptors (Lipinski definition) is 5. The summed E-state index contributed by atoms with van der Waals surface area (Å²) >= 11 is 0. The minimum absolute atomic E-state index is 0.271. The number of ether oxygens (including phenoxy) is 1. The molecule has 1 heterocycles. The van der Waals surface area contributed by atoms with Gasteiger partial charge < -0.3 is 15.4 Å². The quantitative estimate of drug-likeness (QED) is 0.797. The van der Waals surface area contributed by atoms with Crippen molar-refractivity contribution < 1.29 is 14.3 Å². The summed E-state index contributed by atoms with van der Waals surface area (Å²) < 4.78 is 4.67. The van der Waals surface area contributed by atoms with E-state index in [4.69, 9.17) is 0 Å². The van der Waals surface area contributed by atoms with Crippen molar-refractivity contribution in [3.8, 4) is 0 Å². The lowest BCUT2D eigenvalue weighted by Crippen LogP contribution is -2.14. The van der Waals surface area contributed by atoms with Gasteiger partial charge in [-0.15, -0.1) is 0 Å². The second-order valence-electron chi connectivity index (χ2n) is 5.73. The van der Waals surface area contributed by atoms with Crippen LogP contribution in [0.3, 0.4) is 0 Å². The van der Waals surface area contributed by atoms with Crippen LogP contribution in [0.1, 0.15) is 34.6 Å². The fraction of sp³-hybridized carbons (Fsp3) is 0.278. The topological polar surface area (TPSA) is 80.3 Å². The zero-order valence-electron chi connectivity index (χ0n) is 14.0. The highest BCUT2D eigenvalue weighted by Gasteiger charge is 2.10. The lowest BCUT2D eigenvalue weighted by Gasteiger charge is -2.10. The van der Waals surface area contributed by atoms with E-state index in [1.165, 1.54) is 7.11 Å². The van der Waals surface area contributed by atoms with Gasteiger partial charge in [-0.3, -0.25) is 4.79 Å². The zero-order valence-corrected chi connectivity index (χ0v) is 14.0. The highest BCUT2D eigenvalue weighted by atomic mass is 16.5. The minimum Gasteiger partial charge on any atom is -0.465 e. The van der Waals surface area contributed by atoms with Crippen molar-refractivity contribution in [2.75, 3.05) is 24.3 Å². The predicted molar refractivity (Wildman–Crippen MR) is 93.3 cm³/mol. The molecule has 0 bridgehead atoms.